The van der Waals surface area contributed by atoms with Gasteiger partial charge in [0.05, 0.1) is 0 Å². The van der Waals surface area contributed by atoms with E-state index in [0.29, 0.717) is 0 Å². The molecule has 0 unspecified atom stereocenters. The molecule has 0 aromatic carbocycles. The molecule has 0 saturated heterocycles. The van der Waals surface area contributed by atoms with Crippen LogP contribution in [0.5, 0.6) is 0 Å². The van der Waals surface area contributed by atoms with Crippen LogP contribution in [-0.2, 0) is 0 Å². The third kappa shape index (κ3) is 14.0. The molecule has 0 aliphatic heterocycles. The molecule has 0 N–H and O–H groups in total. The van der Waals surface area contributed by atoms with Crippen molar-refractivity contribution >= 4 is 0 Å². The lowest BCUT2D eigenvalue weighted by Gasteiger charge is -1.91. The van der Waals surface area contributed by atoms with Gasteiger partial charge in [-0.3, -0.25) is 0 Å². The third-order valence-corrected chi connectivity index (χ3v) is 2.92. The molecule has 0 radical (unpaired) electrons. The molecule has 0 atom stereocenters. The lowest BCUT2D eigenvalue weighted by Crippen LogP contribution is -1.78. The van der Waals surface area contributed by atoms with E-state index in [-0.39, 0.29) is 0 Å². The summed E-state index contributed by atoms with van der Waals surface area (Å²) in [5, 5.41) is 0. The first-order valence-electron chi connectivity index (χ1n) is 7.33. The van der Waals surface area contributed by atoms with Crippen molar-refractivity contribution in [1.82, 2.24) is 0 Å². The van der Waals surface area contributed by atoms with Gasteiger partial charge in [-0.05, 0) is 11.8 Å². The largest absolute Gasteiger partial charge is 0.0683 e. The van der Waals surface area contributed by atoms with Crippen molar-refractivity contribution in [2.45, 2.75) is 86.5 Å². The van der Waals surface area contributed by atoms with Crippen molar-refractivity contribution in [2.24, 2.45) is 11.8 Å². The van der Waals surface area contributed by atoms with Crippen molar-refractivity contribution in [3.8, 4) is 0 Å². The van der Waals surface area contributed by atoms with Crippen molar-refractivity contribution in [1.29, 1.82) is 0 Å². The van der Waals surface area contributed by atoms with E-state index in [0.717, 1.165) is 11.8 Å². The fraction of sp³-hybridized carbons (Fsp3) is 1.00. The zero-order valence-corrected chi connectivity index (χ0v) is 12.1. The monoisotopic (exact) mass is 214 g/mol. The SMILES string of the molecule is CC.CC.CC1CCCC1.CCC1CC1. The molecule has 0 bridgehead atoms. The van der Waals surface area contributed by atoms with Crippen LogP contribution in [-0.4, -0.2) is 0 Å². The molecule has 0 heterocycles. The number of rotatable bonds is 1. The van der Waals surface area contributed by atoms with E-state index in [1.165, 1.54) is 44.9 Å². The van der Waals surface area contributed by atoms with Crippen LogP contribution in [0.15, 0.2) is 0 Å². The Hall–Kier alpha value is 0. The van der Waals surface area contributed by atoms with Crippen LogP contribution in [0.2, 0.25) is 0 Å². The molecule has 2 fully saturated rings. The lowest BCUT2D eigenvalue weighted by atomic mass is 10.2. The Morgan fingerprint density at radius 3 is 1.27 bits per heavy atom. The van der Waals surface area contributed by atoms with E-state index in [9.17, 15) is 0 Å². The molecule has 2 rings (SSSR count). The minimum absolute atomic E-state index is 1.05. The molecule has 0 heteroatoms. The topological polar surface area (TPSA) is 0 Å². The molecule has 0 aromatic heterocycles. The van der Waals surface area contributed by atoms with Gasteiger partial charge in [0.1, 0.15) is 0 Å². The highest BCUT2D eigenvalue weighted by Gasteiger charge is 2.17. The van der Waals surface area contributed by atoms with Gasteiger partial charge in [-0.25, -0.2) is 0 Å². The van der Waals surface area contributed by atoms with Gasteiger partial charge in [-0.1, -0.05) is 86.5 Å². The summed E-state index contributed by atoms with van der Waals surface area (Å²) in [4.78, 5) is 0. The predicted molar refractivity (Wildman–Crippen MR) is 73.3 cm³/mol. The highest BCUT2D eigenvalue weighted by Crippen LogP contribution is 2.31. The minimum atomic E-state index is 1.05. The van der Waals surface area contributed by atoms with E-state index in [2.05, 4.69) is 13.8 Å². The second-order valence-electron chi connectivity index (χ2n) is 4.24. The summed E-state index contributed by atoms with van der Waals surface area (Å²) in [7, 11) is 0. The molecular formula is C15H34. The minimum Gasteiger partial charge on any atom is -0.0683 e. The van der Waals surface area contributed by atoms with Crippen molar-refractivity contribution < 1.29 is 0 Å². The zero-order chi connectivity index (χ0) is 12.1. The van der Waals surface area contributed by atoms with Gasteiger partial charge in [0.25, 0.3) is 0 Å². The summed E-state index contributed by atoms with van der Waals surface area (Å²) in [6.45, 7) is 12.6. The second-order valence-corrected chi connectivity index (χ2v) is 4.24. The summed E-state index contributed by atoms with van der Waals surface area (Å²) < 4.78 is 0. The highest BCUT2D eigenvalue weighted by atomic mass is 14.2. The van der Waals surface area contributed by atoms with Gasteiger partial charge < -0.3 is 0 Å². The first-order valence-corrected chi connectivity index (χ1v) is 7.33. The summed E-state index contributed by atoms with van der Waals surface area (Å²) >= 11 is 0. The molecule has 0 nitrogen and oxygen atoms in total. The van der Waals surface area contributed by atoms with Gasteiger partial charge in [-0.15, -0.1) is 0 Å². The Balaban J connectivity index is 0. The van der Waals surface area contributed by atoms with Gasteiger partial charge in [0.15, 0.2) is 0 Å². The molecule has 2 saturated carbocycles. The van der Waals surface area contributed by atoms with Gasteiger partial charge in [0.2, 0.25) is 0 Å². The maximum absolute atomic E-state index is 2.34. The molecule has 0 amide bonds. The third-order valence-electron chi connectivity index (χ3n) is 2.92. The molecule has 0 aromatic rings. The van der Waals surface area contributed by atoms with Crippen molar-refractivity contribution in [2.75, 3.05) is 0 Å². The molecular weight excluding hydrogens is 180 g/mol. The zero-order valence-electron chi connectivity index (χ0n) is 12.1. The Labute approximate surface area is 98.9 Å². The number of hydrogen-bond donors (Lipinski definition) is 0. The highest BCUT2D eigenvalue weighted by molar-refractivity contribution is 4.69. The van der Waals surface area contributed by atoms with E-state index in [1.807, 2.05) is 27.7 Å². The maximum atomic E-state index is 2.34. The fourth-order valence-electron chi connectivity index (χ4n) is 1.66. The second kappa shape index (κ2) is 14.0. The van der Waals surface area contributed by atoms with Gasteiger partial charge >= 0.3 is 0 Å². The maximum Gasteiger partial charge on any atom is -0.0417 e. The van der Waals surface area contributed by atoms with Crippen LogP contribution >= 0.6 is 0 Å². The Bertz CT molecular complexity index is 86.2. The number of hydrogen-bond acceptors (Lipinski definition) is 0. The van der Waals surface area contributed by atoms with Gasteiger partial charge in [0, 0.05) is 0 Å². The summed E-state index contributed by atoms with van der Waals surface area (Å²) in [5.41, 5.74) is 0. The van der Waals surface area contributed by atoms with Crippen LogP contribution in [0.4, 0.5) is 0 Å². The lowest BCUT2D eigenvalue weighted by molar-refractivity contribution is 0.612. The van der Waals surface area contributed by atoms with Crippen LogP contribution in [0.1, 0.15) is 86.5 Å². The molecule has 94 valence electrons. The fourth-order valence-corrected chi connectivity index (χ4v) is 1.66. The van der Waals surface area contributed by atoms with Gasteiger partial charge in [-0.2, -0.15) is 0 Å². The van der Waals surface area contributed by atoms with Crippen LogP contribution in [0.3, 0.4) is 0 Å². The molecule has 15 heavy (non-hydrogen) atoms. The first-order chi connectivity index (χ1) is 7.33. The average Bonchev–Trinajstić information content (AvgIpc) is 3.06. The summed E-state index contributed by atoms with van der Waals surface area (Å²) in [5.74, 6) is 2.18. The quantitative estimate of drug-likeness (QED) is 0.498. The summed E-state index contributed by atoms with van der Waals surface area (Å²) in [6.07, 6.45) is 10.4. The molecule has 0 spiro atoms. The van der Waals surface area contributed by atoms with E-state index >= 15 is 0 Å². The van der Waals surface area contributed by atoms with E-state index in [4.69, 9.17) is 0 Å². The molecule has 2 aliphatic rings. The Morgan fingerprint density at radius 1 is 0.800 bits per heavy atom. The van der Waals surface area contributed by atoms with E-state index in [1.54, 1.807) is 0 Å². The van der Waals surface area contributed by atoms with Crippen molar-refractivity contribution in [3.05, 3.63) is 0 Å². The average molecular weight is 214 g/mol. The Morgan fingerprint density at radius 2 is 1.20 bits per heavy atom. The first kappa shape index (κ1) is 17.4. The summed E-state index contributed by atoms with van der Waals surface area (Å²) in [6, 6.07) is 0. The standard InChI is InChI=1S/C6H12.C5H10.2C2H6/c1-6-4-2-3-5-6;1-2-5-3-4-5;2*1-2/h6H,2-5H2,1H3;5H,2-4H2,1H3;2*1-2H3. The van der Waals surface area contributed by atoms with Crippen LogP contribution in [0, 0.1) is 11.8 Å². The predicted octanol–water partition coefficient (Wildman–Crippen LogP) is 6.06. The molecule has 2 aliphatic carbocycles. The Kier molecular flexibility index (Phi) is 16.2. The van der Waals surface area contributed by atoms with Crippen LogP contribution < -0.4 is 0 Å². The van der Waals surface area contributed by atoms with E-state index < -0.39 is 0 Å². The van der Waals surface area contributed by atoms with Crippen molar-refractivity contribution in [3.63, 3.8) is 0 Å². The smallest absolute Gasteiger partial charge is 0.0417 e. The van der Waals surface area contributed by atoms with Crippen LogP contribution in [0.25, 0.3) is 0 Å². The normalized spacial score (nSPS) is 18.8.